The van der Waals surface area contributed by atoms with Crippen molar-refractivity contribution in [2.75, 3.05) is 18.8 Å². The van der Waals surface area contributed by atoms with Crippen LogP contribution < -0.4 is 5.32 Å². The topological polar surface area (TPSA) is 66.5 Å². The molecule has 2 saturated carbocycles. The molecule has 0 spiro atoms. The molecule has 0 aromatic carbocycles. The molecule has 2 aliphatic carbocycles. The van der Waals surface area contributed by atoms with Crippen molar-refractivity contribution in [1.82, 2.24) is 9.62 Å². The van der Waals surface area contributed by atoms with Gasteiger partial charge in [0.15, 0.2) is 0 Å². The Morgan fingerprint density at radius 1 is 1.14 bits per heavy atom. The lowest BCUT2D eigenvalue weighted by Gasteiger charge is -2.32. The molecule has 6 heteroatoms. The second-order valence-electron chi connectivity index (χ2n) is 6.86. The Hall–Kier alpha value is -0.620. The SMILES string of the molecule is CCS(=O)(=O)N1CCC(C(=O)N[C@@H]2C[C@H]3CC[C@@H]2C3)CC1. The molecule has 1 saturated heterocycles. The highest BCUT2D eigenvalue weighted by molar-refractivity contribution is 7.89. The summed E-state index contributed by atoms with van der Waals surface area (Å²) >= 11 is 0. The van der Waals surface area contributed by atoms with Gasteiger partial charge in [0.25, 0.3) is 0 Å². The van der Waals surface area contributed by atoms with Crippen molar-refractivity contribution >= 4 is 15.9 Å². The molecule has 5 nitrogen and oxygen atoms in total. The summed E-state index contributed by atoms with van der Waals surface area (Å²) in [7, 11) is -3.10. The van der Waals surface area contributed by atoms with Crippen molar-refractivity contribution in [3.63, 3.8) is 0 Å². The maximum absolute atomic E-state index is 12.4. The molecule has 1 heterocycles. The first kappa shape index (κ1) is 15.3. The largest absolute Gasteiger partial charge is 0.353 e. The fraction of sp³-hybridized carbons (Fsp3) is 0.933. The first-order valence-electron chi connectivity index (χ1n) is 8.27. The van der Waals surface area contributed by atoms with Crippen molar-refractivity contribution in [2.45, 2.75) is 51.5 Å². The van der Waals surface area contributed by atoms with Crippen molar-refractivity contribution in [1.29, 1.82) is 0 Å². The average molecular weight is 314 g/mol. The van der Waals surface area contributed by atoms with Crippen molar-refractivity contribution in [2.24, 2.45) is 17.8 Å². The van der Waals surface area contributed by atoms with Crippen molar-refractivity contribution in [3.8, 4) is 0 Å². The number of piperidine rings is 1. The highest BCUT2D eigenvalue weighted by Crippen LogP contribution is 2.44. The van der Waals surface area contributed by atoms with Crippen LogP contribution in [0.15, 0.2) is 0 Å². The highest BCUT2D eigenvalue weighted by atomic mass is 32.2. The predicted octanol–water partition coefficient (Wildman–Crippen LogP) is 1.35. The number of nitrogens with one attached hydrogen (secondary N) is 1. The van der Waals surface area contributed by atoms with E-state index in [-0.39, 0.29) is 17.6 Å². The number of nitrogens with zero attached hydrogens (tertiary/aromatic N) is 1. The standard InChI is InChI=1S/C15H26N2O3S/c1-2-21(19,20)17-7-5-12(6-8-17)15(18)16-14-10-11-3-4-13(14)9-11/h11-14H,2-10H2,1H3,(H,16,18)/t11-,13+,14+/m0/s1. The number of hydrogen-bond acceptors (Lipinski definition) is 3. The van der Waals surface area contributed by atoms with Gasteiger partial charge in [-0.2, -0.15) is 0 Å². The Morgan fingerprint density at radius 3 is 2.38 bits per heavy atom. The molecule has 0 aromatic heterocycles. The van der Waals surface area contributed by atoms with E-state index in [1.165, 1.54) is 23.6 Å². The van der Waals surface area contributed by atoms with Gasteiger partial charge in [0.2, 0.25) is 15.9 Å². The minimum Gasteiger partial charge on any atom is -0.353 e. The van der Waals surface area contributed by atoms with Crippen LogP contribution >= 0.6 is 0 Å². The molecular weight excluding hydrogens is 288 g/mol. The maximum Gasteiger partial charge on any atom is 0.223 e. The van der Waals surface area contributed by atoms with E-state index in [1.54, 1.807) is 6.92 Å². The molecule has 0 aromatic rings. The summed E-state index contributed by atoms with van der Waals surface area (Å²) in [5.41, 5.74) is 0. The van der Waals surface area contributed by atoms with Crippen LogP contribution in [0.2, 0.25) is 0 Å². The summed E-state index contributed by atoms with van der Waals surface area (Å²) in [5, 5.41) is 3.24. The van der Waals surface area contributed by atoms with Gasteiger partial charge in [-0.05, 0) is 50.9 Å². The van der Waals surface area contributed by atoms with Crippen LogP contribution in [-0.4, -0.2) is 43.5 Å². The predicted molar refractivity (Wildman–Crippen MR) is 81.1 cm³/mol. The summed E-state index contributed by atoms with van der Waals surface area (Å²) in [6.07, 6.45) is 6.36. The zero-order chi connectivity index (χ0) is 15.0. The van der Waals surface area contributed by atoms with E-state index in [2.05, 4.69) is 5.32 Å². The molecule has 21 heavy (non-hydrogen) atoms. The zero-order valence-corrected chi connectivity index (χ0v) is 13.6. The van der Waals surface area contributed by atoms with Crippen LogP contribution in [0.5, 0.6) is 0 Å². The summed E-state index contributed by atoms with van der Waals surface area (Å²) in [4.78, 5) is 12.4. The lowest BCUT2D eigenvalue weighted by atomic mass is 9.93. The van der Waals surface area contributed by atoms with E-state index in [9.17, 15) is 13.2 Å². The van der Waals surface area contributed by atoms with E-state index in [4.69, 9.17) is 0 Å². The number of amides is 1. The molecule has 3 aliphatic rings. The Bertz CT molecular complexity index is 497. The highest BCUT2D eigenvalue weighted by Gasteiger charge is 2.41. The molecule has 1 aliphatic heterocycles. The summed E-state index contributed by atoms with van der Waals surface area (Å²) in [5.74, 6) is 1.82. The molecule has 0 unspecified atom stereocenters. The van der Waals surface area contributed by atoms with E-state index in [0.29, 0.717) is 37.9 Å². The van der Waals surface area contributed by atoms with Gasteiger partial charge >= 0.3 is 0 Å². The van der Waals surface area contributed by atoms with Crippen LogP contribution in [-0.2, 0) is 14.8 Å². The molecule has 3 rings (SSSR count). The monoisotopic (exact) mass is 314 g/mol. The Morgan fingerprint density at radius 2 is 1.86 bits per heavy atom. The summed E-state index contributed by atoms with van der Waals surface area (Å²) < 4.78 is 25.2. The third-order valence-electron chi connectivity index (χ3n) is 5.65. The molecule has 3 atom stereocenters. The van der Waals surface area contributed by atoms with Gasteiger partial charge in [-0.15, -0.1) is 0 Å². The van der Waals surface area contributed by atoms with E-state index >= 15 is 0 Å². The molecule has 3 fully saturated rings. The Labute approximate surface area is 127 Å². The summed E-state index contributed by atoms with van der Waals surface area (Å²) in [6.45, 7) is 2.65. The fourth-order valence-electron chi connectivity index (χ4n) is 4.30. The van der Waals surface area contributed by atoms with Crippen LogP contribution in [0.4, 0.5) is 0 Å². The molecule has 0 radical (unpaired) electrons. The Kier molecular flexibility index (Phi) is 4.28. The number of sulfonamides is 1. The first-order chi connectivity index (χ1) is 9.99. The van der Waals surface area contributed by atoms with Gasteiger partial charge in [0.05, 0.1) is 5.75 Å². The lowest BCUT2D eigenvalue weighted by molar-refractivity contribution is -0.127. The fourth-order valence-corrected chi connectivity index (χ4v) is 5.43. The maximum atomic E-state index is 12.4. The third kappa shape index (κ3) is 3.11. The number of carbonyl (C=O) groups is 1. The lowest BCUT2D eigenvalue weighted by Crippen LogP contribution is -2.46. The van der Waals surface area contributed by atoms with E-state index < -0.39 is 10.0 Å². The van der Waals surface area contributed by atoms with Crippen LogP contribution in [0.3, 0.4) is 0 Å². The number of fused-ring (bicyclic) bond motifs is 2. The number of hydrogen-bond donors (Lipinski definition) is 1. The van der Waals surface area contributed by atoms with Crippen LogP contribution in [0, 0.1) is 17.8 Å². The minimum atomic E-state index is -3.10. The van der Waals surface area contributed by atoms with Gasteiger partial charge < -0.3 is 5.32 Å². The summed E-state index contributed by atoms with van der Waals surface area (Å²) in [6, 6.07) is 0.383. The first-order valence-corrected chi connectivity index (χ1v) is 9.88. The third-order valence-corrected chi connectivity index (χ3v) is 7.53. The molecular formula is C15H26N2O3S. The smallest absolute Gasteiger partial charge is 0.223 e. The second kappa shape index (κ2) is 5.88. The van der Waals surface area contributed by atoms with E-state index in [1.807, 2.05) is 0 Å². The normalized spacial score (nSPS) is 34.2. The zero-order valence-electron chi connectivity index (χ0n) is 12.8. The Balaban J connectivity index is 1.49. The van der Waals surface area contributed by atoms with Crippen molar-refractivity contribution < 1.29 is 13.2 Å². The molecule has 1 amide bonds. The quantitative estimate of drug-likeness (QED) is 0.852. The van der Waals surface area contributed by atoms with Gasteiger partial charge in [0, 0.05) is 25.0 Å². The van der Waals surface area contributed by atoms with Gasteiger partial charge in [0.1, 0.15) is 0 Å². The van der Waals surface area contributed by atoms with Gasteiger partial charge in [-0.1, -0.05) is 6.42 Å². The van der Waals surface area contributed by atoms with Crippen molar-refractivity contribution in [3.05, 3.63) is 0 Å². The van der Waals surface area contributed by atoms with Crippen LogP contribution in [0.1, 0.15) is 45.4 Å². The molecule has 1 N–H and O–H groups in total. The molecule has 2 bridgehead atoms. The molecule has 120 valence electrons. The minimum absolute atomic E-state index is 0.00701. The van der Waals surface area contributed by atoms with E-state index in [0.717, 1.165) is 12.3 Å². The average Bonchev–Trinajstić information content (AvgIpc) is 3.10. The second-order valence-corrected chi connectivity index (χ2v) is 9.12. The number of rotatable bonds is 4. The van der Waals surface area contributed by atoms with Gasteiger partial charge in [-0.25, -0.2) is 12.7 Å². The van der Waals surface area contributed by atoms with Crippen LogP contribution in [0.25, 0.3) is 0 Å². The number of carbonyl (C=O) groups excluding carboxylic acids is 1. The van der Waals surface area contributed by atoms with Gasteiger partial charge in [-0.3, -0.25) is 4.79 Å².